The minimum Gasteiger partial charge on any atom is -0.382 e. The summed E-state index contributed by atoms with van der Waals surface area (Å²) in [5.41, 5.74) is 3.33. The fourth-order valence-corrected chi connectivity index (χ4v) is 2.88. The Morgan fingerprint density at radius 1 is 1.18 bits per heavy atom. The molecule has 0 saturated carbocycles. The second-order valence-electron chi connectivity index (χ2n) is 5.81. The lowest BCUT2D eigenvalue weighted by Gasteiger charge is -2.33. The quantitative estimate of drug-likeness (QED) is 0.940. The lowest BCUT2D eigenvalue weighted by Crippen LogP contribution is -2.39. The fourth-order valence-electron chi connectivity index (χ4n) is 2.88. The largest absolute Gasteiger partial charge is 0.382 e. The Kier molecular flexibility index (Phi) is 4.51. The SMILES string of the molecule is CCc1cc(N2CCC(Nc3ccnc(C)c3)CC2)ncn1. The van der Waals surface area contributed by atoms with Crippen LogP contribution < -0.4 is 10.2 Å². The highest BCUT2D eigenvalue weighted by atomic mass is 15.2. The number of pyridine rings is 1. The number of aromatic nitrogens is 3. The zero-order valence-electron chi connectivity index (χ0n) is 13.3. The van der Waals surface area contributed by atoms with E-state index in [1.807, 2.05) is 19.2 Å². The molecule has 1 N–H and O–H groups in total. The van der Waals surface area contributed by atoms with Crippen molar-refractivity contribution < 1.29 is 0 Å². The molecule has 1 saturated heterocycles. The van der Waals surface area contributed by atoms with Crippen molar-refractivity contribution in [2.24, 2.45) is 0 Å². The maximum Gasteiger partial charge on any atom is 0.132 e. The van der Waals surface area contributed by atoms with Gasteiger partial charge in [0, 0.05) is 48.5 Å². The molecular weight excluding hydrogens is 274 g/mol. The average molecular weight is 297 g/mol. The summed E-state index contributed by atoms with van der Waals surface area (Å²) < 4.78 is 0. The van der Waals surface area contributed by atoms with E-state index in [2.05, 4.69) is 44.2 Å². The fraction of sp³-hybridized carbons (Fsp3) is 0.471. The summed E-state index contributed by atoms with van der Waals surface area (Å²) in [7, 11) is 0. The number of nitrogens with one attached hydrogen (secondary N) is 1. The van der Waals surface area contributed by atoms with Gasteiger partial charge >= 0.3 is 0 Å². The summed E-state index contributed by atoms with van der Waals surface area (Å²) in [5.74, 6) is 1.06. The van der Waals surface area contributed by atoms with Crippen LogP contribution >= 0.6 is 0 Å². The summed E-state index contributed by atoms with van der Waals surface area (Å²) >= 11 is 0. The van der Waals surface area contributed by atoms with Crippen LogP contribution in [-0.2, 0) is 6.42 Å². The Hall–Kier alpha value is -2.17. The Morgan fingerprint density at radius 3 is 2.73 bits per heavy atom. The van der Waals surface area contributed by atoms with Crippen LogP contribution in [0.2, 0.25) is 0 Å². The van der Waals surface area contributed by atoms with Gasteiger partial charge in [-0.3, -0.25) is 4.98 Å². The molecule has 0 atom stereocenters. The first-order chi connectivity index (χ1) is 10.7. The van der Waals surface area contributed by atoms with Crippen molar-refractivity contribution in [1.82, 2.24) is 15.0 Å². The molecule has 0 unspecified atom stereocenters. The summed E-state index contributed by atoms with van der Waals surface area (Å²) in [6.07, 6.45) is 6.73. The molecule has 0 bridgehead atoms. The van der Waals surface area contributed by atoms with E-state index in [0.29, 0.717) is 6.04 Å². The molecule has 0 amide bonds. The first kappa shape index (κ1) is 14.8. The van der Waals surface area contributed by atoms with Gasteiger partial charge in [0.05, 0.1) is 0 Å². The molecule has 0 radical (unpaired) electrons. The van der Waals surface area contributed by atoms with Crippen LogP contribution in [-0.4, -0.2) is 34.1 Å². The van der Waals surface area contributed by atoms with Crippen molar-refractivity contribution in [3.63, 3.8) is 0 Å². The predicted molar refractivity (Wildman–Crippen MR) is 89.2 cm³/mol. The van der Waals surface area contributed by atoms with Crippen molar-refractivity contribution in [2.75, 3.05) is 23.3 Å². The minimum absolute atomic E-state index is 0.519. The molecule has 1 aliphatic rings. The number of rotatable bonds is 4. The molecule has 2 aromatic rings. The van der Waals surface area contributed by atoms with Crippen molar-refractivity contribution in [1.29, 1.82) is 0 Å². The maximum absolute atomic E-state index is 4.42. The van der Waals surface area contributed by atoms with E-state index in [9.17, 15) is 0 Å². The Balaban J connectivity index is 1.58. The van der Waals surface area contributed by atoms with E-state index in [1.165, 1.54) is 5.69 Å². The van der Waals surface area contributed by atoms with Crippen LogP contribution in [0.4, 0.5) is 11.5 Å². The molecule has 1 fully saturated rings. The van der Waals surface area contributed by atoms with E-state index in [4.69, 9.17) is 0 Å². The lowest BCUT2D eigenvalue weighted by atomic mass is 10.0. The van der Waals surface area contributed by atoms with Gasteiger partial charge in [0.25, 0.3) is 0 Å². The van der Waals surface area contributed by atoms with Crippen molar-refractivity contribution in [2.45, 2.75) is 39.2 Å². The summed E-state index contributed by atoms with van der Waals surface area (Å²) in [4.78, 5) is 15.3. The van der Waals surface area contributed by atoms with Gasteiger partial charge in [-0.1, -0.05) is 6.92 Å². The molecule has 2 aromatic heterocycles. The van der Waals surface area contributed by atoms with E-state index in [1.54, 1.807) is 6.33 Å². The number of anilines is 2. The third-order valence-corrected chi connectivity index (χ3v) is 4.16. The molecule has 5 heteroatoms. The van der Waals surface area contributed by atoms with Crippen LogP contribution in [0, 0.1) is 6.92 Å². The molecule has 0 aromatic carbocycles. The van der Waals surface area contributed by atoms with Gasteiger partial charge in [-0.25, -0.2) is 9.97 Å². The van der Waals surface area contributed by atoms with Gasteiger partial charge in [-0.2, -0.15) is 0 Å². The Bertz CT molecular complexity index is 620. The first-order valence-corrected chi connectivity index (χ1v) is 7.99. The number of nitrogens with zero attached hydrogens (tertiary/aromatic N) is 4. The second kappa shape index (κ2) is 6.73. The smallest absolute Gasteiger partial charge is 0.132 e. The molecule has 1 aliphatic heterocycles. The lowest BCUT2D eigenvalue weighted by molar-refractivity contribution is 0.523. The highest BCUT2D eigenvalue weighted by molar-refractivity contribution is 5.45. The molecule has 3 rings (SSSR count). The second-order valence-corrected chi connectivity index (χ2v) is 5.81. The molecular formula is C17H23N5. The normalized spacial score (nSPS) is 15.8. The molecule has 0 spiro atoms. The molecule has 5 nitrogen and oxygen atoms in total. The summed E-state index contributed by atoms with van der Waals surface area (Å²) in [6.45, 7) is 6.21. The molecule has 3 heterocycles. The zero-order valence-corrected chi connectivity index (χ0v) is 13.3. The van der Waals surface area contributed by atoms with Gasteiger partial charge in [0.15, 0.2) is 0 Å². The van der Waals surface area contributed by atoms with Crippen molar-refractivity contribution >= 4 is 11.5 Å². The van der Waals surface area contributed by atoms with E-state index >= 15 is 0 Å². The number of aryl methyl sites for hydroxylation is 2. The summed E-state index contributed by atoms with van der Waals surface area (Å²) in [6, 6.07) is 6.77. The molecule has 116 valence electrons. The van der Waals surface area contributed by atoms with Gasteiger partial charge in [0.1, 0.15) is 12.1 Å². The van der Waals surface area contributed by atoms with Gasteiger partial charge in [0.2, 0.25) is 0 Å². The molecule has 0 aliphatic carbocycles. The standard InChI is InChI=1S/C17H23N5/c1-3-14-11-17(20-12-19-14)22-8-5-15(6-9-22)21-16-4-7-18-13(2)10-16/h4,7,10-12,15H,3,5-6,8-9H2,1-2H3,(H,18,21). The van der Waals surface area contributed by atoms with Crippen molar-refractivity contribution in [3.8, 4) is 0 Å². The van der Waals surface area contributed by atoms with Crippen molar-refractivity contribution in [3.05, 3.63) is 42.1 Å². The number of hydrogen-bond donors (Lipinski definition) is 1. The van der Waals surface area contributed by atoms with Crippen LogP contribution in [0.25, 0.3) is 0 Å². The highest BCUT2D eigenvalue weighted by Gasteiger charge is 2.20. The monoisotopic (exact) mass is 297 g/mol. The Labute approximate surface area is 131 Å². The molecule has 22 heavy (non-hydrogen) atoms. The van der Waals surface area contributed by atoms with Gasteiger partial charge in [-0.05, 0) is 38.3 Å². The van der Waals surface area contributed by atoms with E-state index < -0.39 is 0 Å². The Morgan fingerprint density at radius 2 is 2.00 bits per heavy atom. The third-order valence-electron chi connectivity index (χ3n) is 4.16. The summed E-state index contributed by atoms with van der Waals surface area (Å²) in [5, 5.41) is 3.62. The third kappa shape index (κ3) is 3.53. The van der Waals surface area contributed by atoms with E-state index in [0.717, 1.165) is 49.6 Å². The van der Waals surface area contributed by atoms with Gasteiger partial charge < -0.3 is 10.2 Å². The highest BCUT2D eigenvalue weighted by Crippen LogP contribution is 2.21. The average Bonchev–Trinajstić information content (AvgIpc) is 2.56. The maximum atomic E-state index is 4.42. The number of hydrogen-bond acceptors (Lipinski definition) is 5. The zero-order chi connectivity index (χ0) is 15.4. The van der Waals surface area contributed by atoms with Crippen LogP contribution in [0.3, 0.4) is 0 Å². The number of piperidine rings is 1. The predicted octanol–water partition coefficient (Wildman–Crippen LogP) is 2.82. The van der Waals surface area contributed by atoms with Crippen LogP contribution in [0.15, 0.2) is 30.7 Å². The first-order valence-electron chi connectivity index (χ1n) is 7.99. The van der Waals surface area contributed by atoms with E-state index in [-0.39, 0.29) is 0 Å². The van der Waals surface area contributed by atoms with Crippen LogP contribution in [0.5, 0.6) is 0 Å². The van der Waals surface area contributed by atoms with Crippen LogP contribution in [0.1, 0.15) is 31.2 Å². The minimum atomic E-state index is 0.519. The topological polar surface area (TPSA) is 53.9 Å². The van der Waals surface area contributed by atoms with Gasteiger partial charge in [-0.15, -0.1) is 0 Å².